The van der Waals surface area contributed by atoms with Crippen LogP contribution >= 0.6 is 0 Å². The second-order valence-corrected chi connectivity index (χ2v) is 5.57. The van der Waals surface area contributed by atoms with Gasteiger partial charge in [0, 0.05) is 12.0 Å². The van der Waals surface area contributed by atoms with Gasteiger partial charge in [-0.15, -0.1) is 0 Å². The predicted octanol–water partition coefficient (Wildman–Crippen LogP) is 4.30. The highest BCUT2D eigenvalue weighted by molar-refractivity contribution is 6.11. The highest BCUT2D eigenvalue weighted by Gasteiger charge is 2.29. The Bertz CT molecular complexity index is 641. The van der Waals surface area contributed by atoms with Crippen molar-refractivity contribution in [2.24, 2.45) is 5.92 Å². The minimum Gasteiger partial charge on any atom is -0.299 e. The van der Waals surface area contributed by atoms with E-state index >= 15 is 0 Å². The largest absolute Gasteiger partial charge is 0.299 e. The topological polar surface area (TPSA) is 34.1 Å². The van der Waals surface area contributed by atoms with Gasteiger partial charge in [-0.2, -0.15) is 0 Å². The van der Waals surface area contributed by atoms with Crippen LogP contribution in [0.1, 0.15) is 36.0 Å². The number of benzene rings is 2. The van der Waals surface area contributed by atoms with Crippen molar-refractivity contribution in [2.75, 3.05) is 0 Å². The maximum absolute atomic E-state index is 12.4. The quantitative estimate of drug-likeness (QED) is 0.620. The first kappa shape index (κ1) is 13.7. The zero-order valence-corrected chi connectivity index (χ0v) is 11.9. The number of hydrogen-bond acceptors (Lipinski definition) is 2. The van der Waals surface area contributed by atoms with Crippen molar-refractivity contribution < 1.29 is 9.59 Å². The van der Waals surface area contributed by atoms with E-state index in [1.165, 1.54) is 0 Å². The molecule has 106 valence electrons. The second kappa shape index (κ2) is 6.04. The van der Waals surface area contributed by atoms with E-state index in [2.05, 4.69) is 0 Å². The number of Topliss-reactive ketones (excluding diaryl/α,β-unsaturated/α-hetero) is 2. The first-order chi connectivity index (χ1) is 10.3. The fourth-order valence-corrected chi connectivity index (χ4v) is 2.92. The van der Waals surface area contributed by atoms with Gasteiger partial charge >= 0.3 is 0 Å². The maximum atomic E-state index is 12.4. The van der Waals surface area contributed by atoms with Crippen molar-refractivity contribution in [1.29, 1.82) is 0 Å². The number of carbonyl (C=O) groups is 2. The summed E-state index contributed by atoms with van der Waals surface area (Å²) < 4.78 is 0. The Hall–Kier alpha value is -2.22. The van der Waals surface area contributed by atoms with Crippen LogP contribution in [-0.2, 0) is 4.79 Å². The lowest BCUT2D eigenvalue weighted by molar-refractivity contribution is -0.122. The van der Waals surface area contributed by atoms with Crippen LogP contribution in [0, 0.1) is 5.92 Å². The molecular formula is C19H18O2. The molecule has 0 aromatic heterocycles. The number of rotatable bonds is 3. The molecular weight excluding hydrogens is 260 g/mol. The van der Waals surface area contributed by atoms with Crippen LogP contribution < -0.4 is 0 Å². The van der Waals surface area contributed by atoms with Gasteiger partial charge in [0.25, 0.3) is 0 Å². The van der Waals surface area contributed by atoms with Gasteiger partial charge in [-0.05, 0) is 24.0 Å². The third kappa shape index (κ3) is 2.94. The molecule has 0 saturated heterocycles. The van der Waals surface area contributed by atoms with Crippen LogP contribution in [0.25, 0.3) is 11.1 Å². The molecule has 0 aliphatic heterocycles. The summed E-state index contributed by atoms with van der Waals surface area (Å²) in [7, 11) is 0. The highest BCUT2D eigenvalue weighted by Crippen LogP contribution is 2.25. The molecule has 21 heavy (non-hydrogen) atoms. The summed E-state index contributed by atoms with van der Waals surface area (Å²) in [6.07, 6.45) is 3.16. The van der Waals surface area contributed by atoms with Gasteiger partial charge in [-0.25, -0.2) is 0 Å². The van der Waals surface area contributed by atoms with Crippen LogP contribution in [-0.4, -0.2) is 11.6 Å². The molecule has 0 amide bonds. The molecule has 2 heteroatoms. The molecule has 1 saturated carbocycles. The molecule has 1 fully saturated rings. The van der Waals surface area contributed by atoms with Crippen LogP contribution in [0.5, 0.6) is 0 Å². The van der Waals surface area contributed by atoms with E-state index in [1.54, 1.807) is 0 Å². The van der Waals surface area contributed by atoms with Crippen molar-refractivity contribution in [2.45, 2.75) is 25.7 Å². The Morgan fingerprint density at radius 3 is 2.19 bits per heavy atom. The molecule has 0 bridgehead atoms. The first-order valence-electron chi connectivity index (χ1n) is 7.48. The molecule has 0 spiro atoms. The molecule has 0 radical (unpaired) electrons. The smallest absolute Gasteiger partial charge is 0.173 e. The van der Waals surface area contributed by atoms with Crippen molar-refractivity contribution in [3.8, 4) is 11.1 Å². The Balaban J connectivity index is 1.81. The third-order valence-electron chi connectivity index (χ3n) is 4.15. The van der Waals surface area contributed by atoms with Gasteiger partial charge in [0.2, 0.25) is 0 Å². The van der Waals surface area contributed by atoms with Crippen LogP contribution in [0.4, 0.5) is 0 Å². The number of carbonyl (C=O) groups excluding carboxylic acids is 2. The van der Waals surface area contributed by atoms with Gasteiger partial charge in [-0.3, -0.25) is 9.59 Å². The number of ketones is 2. The second-order valence-electron chi connectivity index (χ2n) is 5.57. The summed E-state index contributed by atoms with van der Waals surface area (Å²) in [6, 6.07) is 17.6. The van der Waals surface area contributed by atoms with Crippen LogP contribution in [0.15, 0.2) is 54.6 Å². The average Bonchev–Trinajstić information content (AvgIpc) is 2.56. The van der Waals surface area contributed by atoms with Gasteiger partial charge in [0.1, 0.15) is 5.78 Å². The van der Waals surface area contributed by atoms with E-state index < -0.39 is 5.92 Å². The van der Waals surface area contributed by atoms with Gasteiger partial charge in [0.05, 0.1) is 5.92 Å². The van der Waals surface area contributed by atoms with Crippen molar-refractivity contribution >= 4 is 11.6 Å². The van der Waals surface area contributed by atoms with E-state index in [-0.39, 0.29) is 11.6 Å². The molecule has 0 N–H and O–H groups in total. The van der Waals surface area contributed by atoms with Gasteiger partial charge in [0.15, 0.2) is 5.78 Å². The minimum atomic E-state index is -0.415. The number of hydrogen-bond donors (Lipinski definition) is 0. The monoisotopic (exact) mass is 278 g/mol. The first-order valence-corrected chi connectivity index (χ1v) is 7.48. The van der Waals surface area contributed by atoms with Crippen molar-refractivity contribution in [3.05, 3.63) is 60.2 Å². The maximum Gasteiger partial charge on any atom is 0.173 e. The fraction of sp³-hybridized carbons (Fsp3) is 0.263. The Labute approximate surface area is 124 Å². The van der Waals surface area contributed by atoms with E-state index in [0.29, 0.717) is 18.4 Å². The third-order valence-corrected chi connectivity index (χ3v) is 4.15. The van der Waals surface area contributed by atoms with Gasteiger partial charge < -0.3 is 0 Å². The van der Waals surface area contributed by atoms with Crippen molar-refractivity contribution in [1.82, 2.24) is 0 Å². The summed E-state index contributed by atoms with van der Waals surface area (Å²) in [4.78, 5) is 24.3. The molecule has 1 aliphatic rings. The van der Waals surface area contributed by atoms with E-state index in [0.717, 1.165) is 24.0 Å². The Morgan fingerprint density at radius 1 is 0.857 bits per heavy atom. The molecule has 2 aromatic rings. The van der Waals surface area contributed by atoms with Crippen molar-refractivity contribution in [3.63, 3.8) is 0 Å². The van der Waals surface area contributed by atoms with E-state index in [4.69, 9.17) is 0 Å². The Kier molecular flexibility index (Phi) is 3.96. The standard InChI is InChI=1S/C19H18O2/c20-18-9-5-4-8-17(18)19(21)16-12-10-15(11-13-16)14-6-2-1-3-7-14/h1-3,6-7,10-13,17H,4-5,8-9H2/t17-/m1/s1. The molecule has 2 aromatic carbocycles. The molecule has 0 heterocycles. The summed E-state index contributed by atoms with van der Waals surface area (Å²) in [5.41, 5.74) is 2.86. The zero-order chi connectivity index (χ0) is 14.7. The zero-order valence-electron chi connectivity index (χ0n) is 11.9. The van der Waals surface area contributed by atoms with Gasteiger partial charge in [-0.1, -0.05) is 61.0 Å². The minimum absolute atomic E-state index is 0.0145. The lowest BCUT2D eigenvalue weighted by Gasteiger charge is -2.19. The normalized spacial score (nSPS) is 18.5. The summed E-state index contributed by atoms with van der Waals surface area (Å²) in [5.74, 6) is -0.320. The molecule has 1 atom stereocenters. The fourth-order valence-electron chi connectivity index (χ4n) is 2.92. The lowest BCUT2D eigenvalue weighted by Crippen LogP contribution is -2.27. The average molecular weight is 278 g/mol. The van der Waals surface area contributed by atoms with Crippen LogP contribution in [0.3, 0.4) is 0 Å². The highest BCUT2D eigenvalue weighted by atomic mass is 16.1. The molecule has 0 unspecified atom stereocenters. The van der Waals surface area contributed by atoms with E-state index in [1.807, 2.05) is 54.6 Å². The summed E-state index contributed by atoms with van der Waals surface area (Å²) >= 11 is 0. The Morgan fingerprint density at radius 2 is 1.52 bits per heavy atom. The van der Waals surface area contributed by atoms with Crippen LogP contribution in [0.2, 0.25) is 0 Å². The predicted molar refractivity (Wildman–Crippen MR) is 83.2 cm³/mol. The molecule has 2 nitrogen and oxygen atoms in total. The molecule has 3 rings (SSSR count). The summed E-state index contributed by atoms with van der Waals surface area (Å²) in [5, 5.41) is 0. The van der Waals surface area contributed by atoms with E-state index in [9.17, 15) is 9.59 Å². The molecule has 1 aliphatic carbocycles. The summed E-state index contributed by atoms with van der Waals surface area (Å²) in [6.45, 7) is 0. The SMILES string of the molecule is O=C1CCCC[C@H]1C(=O)c1ccc(-c2ccccc2)cc1. The lowest BCUT2D eigenvalue weighted by atomic mass is 9.82.